The second kappa shape index (κ2) is 8.07. The lowest BCUT2D eigenvalue weighted by Gasteiger charge is -2.15. The van der Waals surface area contributed by atoms with E-state index in [1.165, 1.54) is 31.2 Å². The number of amides is 1. The summed E-state index contributed by atoms with van der Waals surface area (Å²) in [4.78, 5) is 23.7. The van der Waals surface area contributed by atoms with E-state index in [4.69, 9.17) is 4.74 Å². The molecule has 0 aliphatic rings. The molecule has 1 amide bonds. The van der Waals surface area contributed by atoms with E-state index >= 15 is 0 Å². The fourth-order valence-corrected chi connectivity index (χ4v) is 2.77. The molecule has 23 heavy (non-hydrogen) atoms. The Kier molecular flexibility index (Phi) is 6.71. The Hall–Kier alpha value is -1.93. The van der Waals surface area contributed by atoms with E-state index in [0.29, 0.717) is 0 Å². The number of hydrogen-bond acceptors (Lipinski definition) is 5. The van der Waals surface area contributed by atoms with Gasteiger partial charge >= 0.3 is 5.97 Å². The van der Waals surface area contributed by atoms with Gasteiger partial charge in [-0.25, -0.2) is 17.9 Å². The predicted molar refractivity (Wildman–Crippen MR) is 85.5 cm³/mol. The monoisotopic (exact) mass is 342 g/mol. The SMILES string of the molecule is CCNS(=O)(=O)c1ccc(C(=O)O[C@H](C)C(=O)NC(C)C)cc1. The van der Waals surface area contributed by atoms with Gasteiger partial charge in [0.25, 0.3) is 5.91 Å². The highest BCUT2D eigenvalue weighted by Gasteiger charge is 2.20. The molecule has 128 valence electrons. The molecule has 1 rings (SSSR count). The number of rotatable bonds is 7. The molecule has 8 heteroatoms. The van der Waals surface area contributed by atoms with Gasteiger partial charge in [0, 0.05) is 12.6 Å². The van der Waals surface area contributed by atoms with E-state index in [0.717, 1.165) is 0 Å². The highest BCUT2D eigenvalue weighted by Crippen LogP contribution is 2.12. The molecule has 0 unspecified atom stereocenters. The Balaban J connectivity index is 2.77. The van der Waals surface area contributed by atoms with Gasteiger partial charge in [0.1, 0.15) is 0 Å². The molecule has 1 atom stereocenters. The van der Waals surface area contributed by atoms with Crippen LogP contribution in [0.4, 0.5) is 0 Å². The lowest BCUT2D eigenvalue weighted by molar-refractivity contribution is -0.129. The molecule has 0 aliphatic heterocycles. The van der Waals surface area contributed by atoms with Gasteiger partial charge in [-0.1, -0.05) is 6.92 Å². The van der Waals surface area contributed by atoms with Crippen LogP contribution in [0.15, 0.2) is 29.2 Å². The van der Waals surface area contributed by atoms with Crippen molar-refractivity contribution in [3.05, 3.63) is 29.8 Å². The van der Waals surface area contributed by atoms with Crippen LogP contribution < -0.4 is 10.0 Å². The fraction of sp³-hybridized carbons (Fsp3) is 0.467. The summed E-state index contributed by atoms with van der Waals surface area (Å²) >= 11 is 0. The predicted octanol–water partition coefficient (Wildman–Crippen LogP) is 1.05. The van der Waals surface area contributed by atoms with Gasteiger partial charge in [-0.05, 0) is 45.0 Å². The second-order valence-electron chi connectivity index (χ2n) is 5.24. The summed E-state index contributed by atoms with van der Waals surface area (Å²) in [5, 5.41) is 2.64. The van der Waals surface area contributed by atoms with Crippen LogP contribution in [0.3, 0.4) is 0 Å². The van der Waals surface area contributed by atoms with E-state index in [1.54, 1.807) is 20.8 Å². The highest BCUT2D eigenvalue weighted by molar-refractivity contribution is 7.89. The third kappa shape index (κ3) is 5.65. The summed E-state index contributed by atoms with van der Waals surface area (Å²) in [5.74, 6) is -1.08. The molecule has 1 aromatic carbocycles. The number of hydrogen-bond donors (Lipinski definition) is 2. The van der Waals surface area contributed by atoms with E-state index < -0.39 is 22.1 Å². The Morgan fingerprint density at radius 2 is 1.70 bits per heavy atom. The average Bonchev–Trinajstić information content (AvgIpc) is 2.46. The van der Waals surface area contributed by atoms with Crippen molar-refractivity contribution in [2.45, 2.75) is 44.7 Å². The summed E-state index contributed by atoms with van der Waals surface area (Å²) in [5.41, 5.74) is 0.171. The number of nitrogens with one attached hydrogen (secondary N) is 2. The number of carbonyl (C=O) groups excluding carboxylic acids is 2. The molecule has 0 aliphatic carbocycles. The van der Waals surface area contributed by atoms with Crippen LogP contribution in [0, 0.1) is 0 Å². The first kappa shape index (κ1) is 19.1. The topological polar surface area (TPSA) is 102 Å². The average molecular weight is 342 g/mol. The van der Waals surface area contributed by atoms with E-state index in [1.807, 2.05) is 0 Å². The normalized spacial score (nSPS) is 12.7. The van der Waals surface area contributed by atoms with Crippen LogP contribution in [0.25, 0.3) is 0 Å². The van der Waals surface area contributed by atoms with Crippen LogP contribution in [-0.4, -0.2) is 39.0 Å². The molecule has 0 heterocycles. The van der Waals surface area contributed by atoms with Gasteiger partial charge in [-0.3, -0.25) is 4.79 Å². The Morgan fingerprint density at radius 1 is 1.13 bits per heavy atom. The molecule has 7 nitrogen and oxygen atoms in total. The molecular formula is C15H22N2O5S. The quantitative estimate of drug-likeness (QED) is 0.721. The zero-order valence-electron chi connectivity index (χ0n) is 13.6. The summed E-state index contributed by atoms with van der Waals surface area (Å²) in [6.45, 7) is 7.02. The van der Waals surface area contributed by atoms with E-state index in [9.17, 15) is 18.0 Å². The van der Waals surface area contributed by atoms with Crippen molar-refractivity contribution in [1.29, 1.82) is 0 Å². The largest absolute Gasteiger partial charge is 0.449 e. The number of carbonyl (C=O) groups is 2. The molecule has 0 bridgehead atoms. The molecule has 0 fully saturated rings. The van der Waals surface area contributed by atoms with Crippen molar-refractivity contribution in [1.82, 2.24) is 10.0 Å². The highest BCUT2D eigenvalue weighted by atomic mass is 32.2. The first-order chi connectivity index (χ1) is 10.7. The van der Waals surface area contributed by atoms with Gasteiger partial charge in [-0.2, -0.15) is 0 Å². The van der Waals surface area contributed by atoms with Gasteiger partial charge in [0.2, 0.25) is 10.0 Å². The van der Waals surface area contributed by atoms with Gasteiger partial charge in [0.05, 0.1) is 10.5 Å². The summed E-state index contributed by atoms with van der Waals surface area (Å²) in [6.07, 6.45) is -0.935. The fourth-order valence-electron chi connectivity index (χ4n) is 1.73. The van der Waals surface area contributed by atoms with E-state index in [-0.39, 0.29) is 29.0 Å². The summed E-state index contributed by atoms with van der Waals surface area (Å²) in [7, 11) is -3.57. The Labute approximate surface area is 136 Å². The molecule has 0 radical (unpaired) electrons. The van der Waals surface area contributed by atoms with Crippen LogP contribution >= 0.6 is 0 Å². The number of sulfonamides is 1. The van der Waals surface area contributed by atoms with Crippen LogP contribution in [0.1, 0.15) is 38.1 Å². The van der Waals surface area contributed by atoms with Crippen LogP contribution in [0.2, 0.25) is 0 Å². The second-order valence-corrected chi connectivity index (χ2v) is 7.00. The zero-order chi connectivity index (χ0) is 17.6. The number of benzene rings is 1. The lowest BCUT2D eigenvalue weighted by atomic mass is 10.2. The van der Waals surface area contributed by atoms with Crippen molar-refractivity contribution in [3.63, 3.8) is 0 Å². The molecule has 2 N–H and O–H groups in total. The van der Waals surface area contributed by atoms with Crippen LogP contribution in [-0.2, 0) is 19.6 Å². The maximum Gasteiger partial charge on any atom is 0.338 e. The van der Waals surface area contributed by atoms with Crippen molar-refractivity contribution >= 4 is 21.9 Å². The summed E-state index contributed by atoms with van der Waals surface area (Å²) < 4.78 is 31.0. The third-order valence-corrected chi connectivity index (χ3v) is 4.38. The molecule has 0 saturated heterocycles. The minimum absolute atomic E-state index is 0.0563. The molecular weight excluding hydrogens is 320 g/mol. The maximum atomic E-state index is 12.0. The molecule has 0 spiro atoms. The van der Waals surface area contributed by atoms with Gasteiger partial charge in [0.15, 0.2) is 6.10 Å². The maximum absolute atomic E-state index is 12.0. The lowest BCUT2D eigenvalue weighted by Crippen LogP contribution is -2.39. The van der Waals surface area contributed by atoms with Crippen molar-refractivity contribution in [2.75, 3.05) is 6.54 Å². The number of esters is 1. The minimum Gasteiger partial charge on any atom is -0.449 e. The number of ether oxygens (including phenoxy) is 1. The third-order valence-electron chi connectivity index (χ3n) is 2.82. The minimum atomic E-state index is -3.57. The smallest absolute Gasteiger partial charge is 0.338 e. The van der Waals surface area contributed by atoms with Gasteiger partial charge in [-0.15, -0.1) is 0 Å². The standard InChI is InChI=1S/C15H22N2O5S/c1-5-16-23(20,21)13-8-6-12(7-9-13)15(19)22-11(4)14(18)17-10(2)3/h6-11,16H,5H2,1-4H3,(H,17,18)/t11-/m1/s1. The first-order valence-electron chi connectivity index (χ1n) is 7.28. The molecule has 0 aromatic heterocycles. The van der Waals surface area contributed by atoms with E-state index in [2.05, 4.69) is 10.0 Å². The zero-order valence-corrected chi connectivity index (χ0v) is 14.4. The summed E-state index contributed by atoms with van der Waals surface area (Å²) in [6, 6.07) is 5.26. The molecule has 0 saturated carbocycles. The van der Waals surface area contributed by atoms with Crippen LogP contribution in [0.5, 0.6) is 0 Å². The first-order valence-corrected chi connectivity index (χ1v) is 8.76. The van der Waals surface area contributed by atoms with Crippen molar-refractivity contribution in [2.24, 2.45) is 0 Å². The molecule has 1 aromatic rings. The van der Waals surface area contributed by atoms with Crippen molar-refractivity contribution in [3.8, 4) is 0 Å². The van der Waals surface area contributed by atoms with Crippen molar-refractivity contribution < 1.29 is 22.7 Å². The van der Waals surface area contributed by atoms with Gasteiger partial charge < -0.3 is 10.1 Å². The Morgan fingerprint density at radius 3 is 2.17 bits per heavy atom. The Bertz CT molecular complexity index is 653.